The molecule has 186 valence electrons. The predicted molar refractivity (Wildman–Crippen MR) is 99.4 cm³/mol. The van der Waals surface area contributed by atoms with Crippen LogP contribution >= 0.6 is 0 Å². The maximum atomic E-state index is 12.0. The molecule has 0 bridgehead atoms. The molecule has 0 aromatic carbocycles. The molecule has 15 heteroatoms. The number of rotatable bonds is 8. The molecule has 2 heterocycles. The first-order valence-electron chi connectivity index (χ1n) is 9.77. The monoisotopic (exact) mass is 470 g/mol. The van der Waals surface area contributed by atoms with Gasteiger partial charge in [-0.2, -0.15) is 0 Å². The highest BCUT2D eigenvalue weighted by atomic mass is 16.7. The van der Waals surface area contributed by atoms with Crippen molar-refractivity contribution in [3.8, 4) is 0 Å². The van der Waals surface area contributed by atoms with Gasteiger partial charge >= 0.3 is 5.97 Å². The summed E-state index contributed by atoms with van der Waals surface area (Å²) >= 11 is 0. The van der Waals surface area contributed by atoms with Crippen molar-refractivity contribution >= 4 is 11.9 Å². The number of nitrogens with two attached hydrogens (primary N) is 1. The van der Waals surface area contributed by atoms with Crippen LogP contribution in [0, 0.1) is 0 Å². The van der Waals surface area contributed by atoms with Gasteiger partial charge in [-0.3, -0.25) is 4.79 Å². The van der Waals surface area contributed by atoms with Crippen LogP contribution in [0.5, 0.6) is 0 Å². The van der Waals surface area contributed by atoms with Crippen molar-refractivity contribution in [1.82, 2.24) is 5.32 Å². The fraction of sp³-hybridized carbons (Fsp3) is 0.882. The molecule has 0 aliphatic carbocycles. The van der Waals surface area contributed by atoms with Crippen molar-refractivity contribution in [3.63, 3.8) is 0 Å². The second kappa shape index (κ2) is 10.6. The van der Waals surface area contributed by atoms with E-state index in [0.29, 0.717) is 0 Å². The van der Waals surface area contributed by atoms with Crippen LogP contribution < -0.4 is 11.1 Å². The Hall–Kier alpha value is -1.50. The largest absolute Gasteiger partial charge is 0.477 e. The highest BCUT2D eigenvalue weighted by molar-refractivity contribution is 5.76. The number of carbonyl (C=O) groups excluding carboxylic acids is 1. The fourth-order valence-corrected chi connectivity index (χ4v) is 3.60. The molecule has 15 nitrogen and oxygen atoms in total. The number of carboxylic acid groups (broad SMARTS) is 1. The molecule has 0 aromatic heterocycles. The SMILES string of the molecule is CC(=O)N[C@H]1C([C@H](O)[C@H](O)CO)O[C@@](OCC2O[C@H](O)C(N)[C@@H](O)[C@H]2O)(C(=O)O)C[C@H]1O. The summed E-state index contributed by atoms with van der Waals surface area (Å²) in [6.45, 7) is -0.614. The van der Waals surface area contributed by atoms with Crippen LogP contribution in [0.3, 0.4) is 0 Å². The average molecular weight is 470 g/mol. The van der Waals surface area contributed by atoms with Crippen molar-refractivity contribution < 1.29 is 64.7 Å². The highest BCUT2D eigenvalue weighted by Gasteiger charge is 2.56. The Kier molecular flexibility index (Phi) is 8.88. The van der Waals surface area contributed by atoms with Gasteiger partial charge in [0.15, 0.2) is 6.29 Å². The average Bonchev–Trinajstić information content (AvgIpc) is 2.73. The normalized spacial score (nSPS) is 42.2. The number of amides is 1. The van der Waals surface area contributed by atoms with Crippen LogP contribution in [0.15, 0.2) is 0 Å². The van der Waals surface area contributed by atoms with Gasteiger partial charge in [-0.05, 0) is 0 Å². The Morgan fingerprint density at radius 2 is 1.84 bits per heavy atom. The topological polar surface area (TPSA) is 262 Å². The minimum Gasteiger partial charge on any atom is -0.477 e. The van der Waals surface area contributed by atoms with E-state index in [1.54, 1.807) is 0 Å². The minimum atomic E-state index is -2.66. The summed E-state index contributed by atoms with van der Waals surface area (Å²) in [5.41, 5.74) is 5.47. The van der Waals surface area contributed by atoms with Gasteiger partial charge in [-0.1, -0.05) is 0 Å². The standard InChI is InChI=1S/C17H30N2O13/c1-5(21)19-10-6(22)2-17(16(28)29,32-14(10)11(24)7(23)3-20)30-4-8-12(25)13(26)9(18)15(27)31-8/h6-15,20,22-27H,2-4,18H2,1H3,(H,19,21)(H,28,29)/t6-,7-,8?,9?,10-,11-,12+,13-,14?,15+,17-/m1/s1. The molecule has 0 radical (unpaired) electrons. The van der Waals surface area contributed by atoms with Crippen molar-refractivity contribution in [3.05, 3.63) is 0 Å². The summed E-state index contributed by atoms with van der Waals surface area (Å²) in [6.07, 6.45) is -14.4. The summed E-state index contributed by atoms with van der Waals surface area (Å²) in [6, 6.07) is -2.71. The molecule has 2 fully saturated rings. The maximum absolute atomic E-state index is 12.0. The summed E-state index contributed by atoms with van der Waals surface area (Å²) in [5.74, 6) is -5.08. The van der Waals surface area contributed by atoms with Gasteiger partial charge in [-0.15, -0.1) is 0 Å². The van der Waals surface area contributed by atoms with Gasteiger partial charge in [0.2, 0.25) is 5.91 Å². The van der Waals surface area contributed by atoms with E-state index in [4.69, 9.17) is 25.1 Å². The van der Waals surface area contributed by atoms with E-state index in [2.05, 4.69) is 5.32 Å². The van der Waals surface area contributed by atoms with E-state index >= 15 is 0 Å². The fourth-order valence-electron chi connectivity index (χ4n) is 3.60. The van der Waals surface area contributed by atoms with E-state index in [9.17, 15) is 45.3 Å². The predicted octanol–water partition coefficient (Wildman–Crippen LogP) is -6.08. The molecule has 2 aliphatic rings. The molecule has 0 saturated carbocycles. The van der Waals surface area contributed by atoms with E-state index in [-0.39, 0.29) is 0 Å². The molecule has 2 saturated heterocycles. The molecule has 1 amide bonds. The minimum absolute atomic E-state index is 0.657. The van der Waals surface area contributed by atoms with Crippen LogP contribution in [0.4, 0.5) is 0 Å². The lowest BCUT2D eigenvalue weighted by molar-refractivity contribution is -0.327. The van der Waals surface area contributed by atoms with Gasteiger partial charge in [0.05, 0.1) is 31.4 Å². The van der Waals surface area contributed by atoms with E-state index < -0.39 is 98.4 Å². The second-order valence-corrected chi connectivity index (χ2v) is 7.81. The van der Waals surface area contributed by atoms with Crippen molar-refractivity contribution in [2.45, 2.75) is 80.2 Å². The van der Waals surface area contributed by atoms with E-state index in [1.807, 2.05) is 0 Å². The van der Waals surface area contributed by atoms with Crippen LogP contribution in [-0.4, -0.2) is 133 Å². The number of aliphatic hydroxyl groups is 7. The Morgan fingerprint density at radius 1 is 1.22 bits per heavy atom. The molecular formula is C17H30N2O13. The molecule has 2 rings (SSSR count). The smallest absolute Gasteiger partial charge is 0.364 e. The van der Waals surface area contributed by atoms with Crippen molar-refractivity contribution in [2.24, 2.45) is 5.73 Å². The van der Waals surface area contributed by atoms with Gasteiger partial charge in [0.25, 0.3) is 5.79 Å². The number of aliphatic hydroxyl groups excluding tert-OH is 7. The number of ether oxygens (including phenoxy) is 3. The third-order valence-corrected chi connectivity index (χ3v) is 5.44. The van der Waals surface area contributed by atoms with Gasteiger partial charge in [0.1, 0.15) is 36.6 Å². The zero-order valence-corrected chi connectivity index (χ0v) is 17.1. The van der Waals surface area contributed by atoms with Gasteiger partial charge in [0, 0.05) is 13.3 Å². The molecule has 32 heavy (non-hydrogen) atoms. The first-order chi connectivity index (χ1) is 14.8. The van der Waals surface area contributed by atoms with Crippen LogP contribution in [-0.2, 0) is 23.8 Å². The lowest BCUT2D eigenvalue weighted by Crippen LogP contribution is -2.68. The third kappa shape index (κ3) is 5.52. The highest BCUT2D eigenvalue weighted by Crippen LogP contribution is 2.34. The number of hydrogen-bond acceptors (Lipinski definition) is 13. The quantitative estimate of drug-likeness (QED) is 0.158. The number of hydrogen-bond donors (Lipinski definition) is 10. The Balaban J connectivity index is 2.27. The maximum Gasteiger partial charge on any atom is 0.364 e. The third-order valence-electron chi connectivity index (χ3n) is 5.44. The Bertz CT molecular complexity index is 668. The molecule has 11 atom stereocenters. The number of aliphatic carboxylic acids is 1. The Morgan fingerprint density at radius 3 is 2.38 bits per heavy atom. The van der Waals surface area contributed by atoms with Crippen LogP contribution in [0.25, 0.3) is 0 Å². The van der Waals surface area contributed by atoms with Gasteiger partial charge in [-0.25, -0.2) is 4.79 Å². The molecule has 0 spiro atoms. The zero-order valence-electron chi connectivity index (χ0n) is 17.1. The second-order valence-electron chi connectivity index (χ2n) is 7.81. The molecule has 11 N–H and O–H groups in total. The van der Waals surface area contributed by atoms with Gasteiger partial charge < -0.3 is 66.1 Å². The lowest BCUT2D eigenvalue weighted by Gasteiger charge is -2.47. The van der Waals surface area contributed by atoms with Crippen LogP contribution in [0.1, 0.15) is 13.3 Å². The molecule has 3 unspecified atom stereocenters. The Labute approximate surface area is 181 Å². The van der Waals surface area contributed by atoms with E-state index in [1.165, 1.54) is 0 Å². The first kappa shape index (κ1) is 26.7. The van der Waals surface area contributed by atoms with Crippen molar-refractivity contribution in [2.75, 3.05) is 13.2 Å². The molecule has 0 aromatic rings. The van der Waals surface area contributed by atoms with Crippen LogP contribution in [0.2, 0.25) is 0 Å². The lowest BCUT2D eigenvalue weighted by atomic mass is 9.88. The summed E-state index contributed by atoms with van der Waals surface area (Å²) < 4.78 is 15.7. The molecule has 2 aliphatic heterocycles. The first-order valence-corrected chi connectivity index (χ1v) is 9.77. The number of carbonyl (C=O) groups is 2. The van der Waals surface area contributed by atoms with Crippen molar-refractivity contribution in [1.29, 1.82) is 0 Å². The van der Waals surface area contributed by atoms with E-state index in [0.717, 1.165) is 6.92 Å². The summed E-state index contributed by atoms with van der Waals surface area (Å²) in [5, 5.41) is 81.5. The molecular weight excluding hydrogens is 440 g/mol. The summed E-state index contributed by atoms with van der Waals surface area (Å²) in [7, 11) is 0. The summed E-state index contributed by atoms with van der Waals surface area (Å²) in [4.78, 5) is 23.5. The number of nitrogens with one attached hydrogen (secondary N) is 1. The number of carboxylic acids is 1. The zero-order chi connectivity index (χ0) is 24.4.